The lowest BCUT2D eigenvalue weighted by atomic mass is 10.1. The molecule has 0 fully saturated rings. The van der Waals surface area contributed by atoms with Gasteiger partial charge in [0.2, 0.25) is 0 Å². The van der Waals surface area contributed by atoms with Gasteiger partial charge in [0.25, 0.3) is 5.91 Å². The number of halogens is 3. The molecule has 0 bridgehead atoms. The monoisotopic (exact) mass is 421 g/mol. The lowest BCUT2D eigenvalue weighted by Crippen LogP contribution is -2.12. The zero-order valence-corrected chi connectivity index (χ0v) is 15.8. The van der Waals surface area contributed by atoms with Crippen molar-refractivity contribution in [2.24, 2.45) is 0 Å². The topological polar surface area (TPSA) is 89.0 Å². The summed E-state index contributed by atoms with van der Waals surface area (Å²) in [6, 6.07) is 13.2. The van der Waals surface area contributed by atoms with Crippen molar-refractivity contribution < 1.29 is 26.4 Å². The van der Waals surface area contributed by atoms with Crippen LogP contribution in [0, 0.1) is 0 Å². The predicted molar refractivity (Wildman–Crippen MR) is 100.0 cm³/mol. The molecule has 6 nitrogen and oxygen atoms in total. The van der Waals surface area contributed by atoms with Gasteiger partial charge in [0, 0.05) is 23.1 Å². The summed E-state index contributed by atoms with van der Waals surface area (Å²) in [7, 11) is -3.44. The molecule has 3 aromatic rings. The maximum absolute atomic E-state index is 12.6. The van der Waals surface area contributed by atoms with E-state index in [0.29, 0.717) is 16.9 Å². The highest BCUT2D eigenvalue weighted by Crippen LogP contribution is 2.29. The molecule has 1 heterocycles. The molecule has 0 aliphatic rings. The van der Waals surface area contributed by atoms with Crippen LogP contribution in [0.25, 0.3) is 11.3 Å². The first kappa shape index (κ1) is 20.5. The average molecular weight is 421 g/mol. The molecule has 0 saturated heterocycles. The Morgan fingerprint density at radius 2 is 1.52 bits per heavy atom. The normalized spacial score (nSPS) is 11.9. The van der Waals surface area contributed by atoms with E-state index in [1.807, 2.05) is 0 Å². The van der Waals surface area contributed by atoms with E-state index in [1.165, 1.54) is 12.1 Å². The van der Waals surface area contributed by atoms with Crippen molar-refractivity contribution in [1.29, 1.82) is 0 Å². The summed E-state index contributed by atoms with van der Waals surface area (Å²) in [5.41, 5.74) is 0.771. The van der Waals surface area contributed by atoms with E-state index in [-0.39, 0.29) is 10.6 Å². The maximum Gasteiger partial charge on any atom is 0.416 e. The minimum atomic E-state index is -4.47. The van der Waals surface area contributed by atoms with E-state index in [2.05, 4.69) is 15.5 Å². The molecule has 1 aromatic heterocycles. The zero-order chi connectivity index (χ0) is 21.2. The van der Waals surface area contributed by atoms with Gasteiger partial charge < -0.3 is 5.32 Å². The number of hydrogen-bond acceptors (Lipinski definition) is 5. The fourth-order valence-corrected chi connectivity index (χ4v) is 2.91. The number of rotatable bonds is 4. The predicted octanol–water partition coefficient (Wildman–Crippen LogP) is 3.82. The van der Waals surface area contributed by atoms with E-state index >= 15 is 0 Å². The quantitative estimate of drug-likeness (QED) is 0.692. The number of hydrogen-bond donors (Lipinski definition) is 1. The third-order valence-corrected chi connectivity index (χ3v) is 4.91. The van der Waals surface area contributed by atoms with Gasteiger partial charge in [0.1, 0.15) is 0 Å². The smallest absolute Gasteiger partial charge is 0.322 e. The Hall–Kier alpha value is -3.27. The number of alkyl halides is 3. The van der Waals surface area contributed by atoms with Crippen molar-refractivity contribution in [1.82, 2.24) is 10.2 Å². The highest BCUT2D eigenvalue weighted by molar-refractivity contribution is 7.90. The summed E-state index contributed by atoms with van der Waals surface area (Å²) in [5.74, 6) is -0.552. The largest absolute Gasteiger partial charge is 0.416 e. The minimum absolute atomic E-state index is 0.0873. The van der Waals surface area contributed by atoms with Gasteiger partial charge in [-0.3, -0.25) is 4.79 Å². The highest BCUT2D eigenvalue weighted by atomic mass is 32.2. The first-order chi connectivity index (χ1) is 13.5. The lowest BCUT2D eigenvalue weighted by molar-refractivity contribution is -0.137. The third-order valence-electron chi connectivity index (χ3n) is 3.93. The van der Waals surface area contributed by atoms with Crippen LogP contribution >= 0.6 is 0 Å². The zero-order valence-electron chi connectivity index (χ0n) is 14.9. The molecule has 0 atom stereocenters. The van der Waals surface area contributed by atoms with E-state index in [1.54, 1.807) is 24.3 Å². The standard InChI is InChI=1S/C19H14F3N3O3S/c1-29(27,28)17-11-10-16(24-25-17)12-4-8-15(9-5-12)23-18(26)13-2-6-14(7-3-13)19(20,21)22/h2-11H,1H3,(H,23,26). The minimum Gasteiger partial charge on any atom is -0.322 e. The van der Waals surface area contributed by atoms with Crippen LogP contribution in [0.2, 0.25) is 0 Å². The molecule has 10 heteroatoms. The number of benzene rings is 2. The van der Waals surface area contributed by atoms with Gasteiger partial charge in [-0.25, -0.2) is 8.42 Å². The molecule has 0 radical (unpaired) electrons. The Morgan fingerprint density at radius 1 is 0.897 bits per heavy atom. The highest BCUT2D eigenvalue weighted by Gasteiger charge is 2.30. The van der Waals surface area contributed by atoms with Gasteiger partial charge in [0.05, 0.1) is 11.3 Å². The van der Waals surface area contributed by atoms with Crippen LogP contribution in [-0.2, 0) is 16.0 Å². The summed E-state index contributed by atoms with van der Waals surface area (Å²) in [6.45, 7) is 0. The number of anilines is 1. The van der Waals surface area contributed by atoms with Crippen molar-refractivity contribution in [2.75, 3.05) is 11.6 Å². The third kappa shape index (κ3) is 4.96. The second kappa shape index (κ2) is 7.63. The molecular weight excluding hydrogens is 407 g/mol. The van der Waals surface area contributed by atoms with Crippen molar-refractivity contribution in [3.8, 4) is 11.3 Å². The van der Waals surface area contributed by atoms with E-state index in [0.717, 1.165) is 30.5 Å². The molecule has 150 valence electrons. The van der Waals surface area contributed by atoms with Crippen LogP contribution in [0.1, 0.15) is 15.9 Å². The van der Waals surface area contributed by atoms with Crippen LogP contribution in [0.3, 0.4) is 0 Å². The molecule has 1 amide bonds. The van der Waals surface area contributed by atoms with Gasteiger partial charge in [-0.2, -0.15) is 13.2 Å². The van der Waals surface area contributed by atoms with Crippen LogP contribution in [0.15, 0.2) is 65.7 Å². The number of nitrogens with zero attached hydrogens (tertiary/aromatic N) is 2. The lowest BCUT2D eigenvalue weighted by Gasteiger charge is -2.09. The van der Waals surface area contributed by atoms with Crippen molar-refractivity contribution >= 4 is 21.4 Å². The Kier molecular flexibility index (Phi) is 5.38. The summed E-state index contributed by atoms with van der Waals surface area (Å²) in [6.07, 6.45) is -3.43. The molecule has 0 spiro atoms. The van der Waals surface area contributed by atoms with Crippen molar-refractivity contribution in [2.45, 2.75) is 11.2 Å². The Bertz CT molecular complexity index is 1130. The molecule has 0 unspecified atom stereocenters. The Labute approximate surface area is 164 Å². The van der Waals surface area contributed by atoms with Gasteiger partial charge in [-0.1, -0.05) is 12.1 Å². The summed E-state index contributed by atoms with van der Waals surface area (Å²) in [5, 5.41) is 10.00. The summed E-state index contributed by atoms with van der Waals surface area (Å²) < 4.78 is 60.6. The number of amides is 1. The maximum atomic E-state index is 12.6. The second-order valence-electron chi connectivity index (χ2n) is 6.14. The number of aromatic nitrogens is 2. The number of nitrogens with one attached hydrogen (secondary N) is 1. The van der Waals surface area contributed by atoms with E-state index in [9.17, 15) is 26.4 Å². The number of sulfone groups is 1. The first-order valence-electron chi connectivity index (χ1n) is 8.17. The fraction of sp³-hybridized carbons (Fsp3) is 0.105. The fourth-order valence-electron chi connectivity index (χ4n) is 2.41. The average Bonchev–Trinajstić information content (AvgIpc) is 2.67. The Balaban J connectivity index is 1.71. The first-order valence-corrected chi connectivity index (χ1v) is 10.1. The second-order valence-corrected chi connectivity index (χ2v) is 8.10. The molecule has 0 aliphatic heterocycles. The van der Waals surface area contributed by atoms with E-state index < -0.39 is 27.5 Å². The summed E-state index contributed by atoms with van der Waals surface area (Å²) >= 11 is 0. The van der Waals surface area contributed by atoms with Crippen LogP contribution in [0.5, 0.6) is 0 Å². The van der Waals surface area contributed by atoms with Gasteiger partial charge in [0.15, 0.2) is 14.9 Å². The molecule has 3 rings (SSSR count). The molecule has 0 aliphatic carbocycles. The number of carbonyl (C=O) groups is 1. The number of carbonyl (C=O) groups excluding carboxylic acids is 1. The van der Waals surface area contributed by atoms with Crippen LogP contribution in [-0.4, -0.2) is 30.8 Å². The van der Waals surface area contributed by atoms with Gasteiger partial charge in [-0.05, 0) is 48.5 Å². The SMILES string of the molecule is CS(=O)(=O)c1ccc(-c2ccc(NC(=O)c3ccc(C(F)(F)F)cc3)cc2)nn1. The Morgan fingerprint density at radius 3 is 2.00 bits per heavy atom. The van der Waals surface area contributed by atoms with Crippen LogP contribution < -0.4 is 5.32 Å². The van der Waals surface area contributed by atoms with E-state index in [4.69, 9.17) is 0 Å². The van der Waals surface area contributed by atoms with Crippen LogP contribution in [0.4, 0.5) is 18.9 Å². The summed E-state index contributed by atoms with van der Waals surface area (Å²) in [4.78, 5) is 12.2. The van der Waals surface area contributed by atoms with Gasteiger partial charge >= 0.3 is 6.18 Å². The van der Waals surface area contributed by atoms with Gasteiger partial charge in [-0.15, -0.1) is 10.2 Å². The molecule has 0 saturated carbocycles. The molecule has 29 heavy (non-hydrogen) atoms. The van der Waals surface area contributed by atoms with Crippen molar-refractivity contribution in [3.05, 3.63) is 71.8 Å². The molecule has 1 N–H and O–H groups in total. The molecular formula is C19H14F3N3O3S. The van der Waals surface area contributed by atoms with Crippen molar-refractivity contribution in [3.63, 3.8) is 0 Å². The molecule has 2 aromatic carbocycles.